The van der Waals surface area contributed by atoms with Crippen LogP contribution in [0.5, 0.6) is 0 Å². The van der Waals surface area contributed by atoms with E-state index in [2.05, 4.69) is 30.2 Å². The topological polar surface area (TPSA) is 125 Å². The predicted octanol–water partition coefficient (Wildman–Crippen LogP) is 0.457. The lowest BCUT2D eigenvalue weighted by Crippen LogP contribution is -2.28. The number of hydrogen-bond acceptors (Lipinski definition) is 7. The first kappa shape index (κ1) is 14.5. The van der Waals surface area contributed by atoms with E-state index < -0.39 is 6.04 Å². The summed E-state index contributed by atoms with van der Waals surface area (Å²) in [7, 11) is 0. The highest BCUT2D eigenvalue weighted by Crippen LogP contribution is 2.22. The summed E-state index contributed by atoms with van der Waals surface area (Å²) in [5.41, 5.74) is 2.90. The van der Waals surface area contributed by atoms with Gasteiger partial charge in [-0.25, -0.2) is 9.97 Å². The number of aromatic nitrogens is 6. The zero-order valence-electron chi connectivity index (χ0n) is 12.6. The number of H-pyrrole nitrogens is 1. The summed E-state index contributed by atoms with van der Waals surface area (Å²) in [6.45, 7) is -0.464. The van der Waals surface area contributed by atoms with Crippen molar-refractivity contribution in [3.05, 3.63) is 36.9 Å². The Labute approximate surface area is 136 Å². The SMILES string of the molecule is OCC(CO)Nc1nc(-n2cnc3ccccc32)c2nc[nH]c2n1. The first-order valence-electron chi connectivity index (χ1n) is 7.42. The standard InChI is InChI=1S/C15H15N7O2/c23-5-9(6-24)19-15-20-13-12(16-7-17-13)14(21-15)22-8-18-10-3-1-2-4-11(10)22/h1-4,7-9,23-24H,5-6H2,(H2,16,17,19,20,21). The van der Waals surface area contributed by atoms with E-state index in [1.165, 1.54) is 0 Å². The molecule has 0 aliphatic carbocycles. The number of benzene rings is 1. The van der Waals surface area contributed by atoms with E-state index in [-0.39, 0.29) is 19.2 Å². The maximum Gasteiger partial charge on any atom is 0.227 e. The second-order valence-corrected chi connectivity index (χ2v) is 5.28. The maximum atomic E-state index is 9.24. The van der Waals surface area contributed by atoms with Crippen LogP contribution in [0.2, 0.25) is 0 Å². The number of para-hydroxylation sites is 2. The Morgan fingerprint density at radius 1 is 1.12 bits per heavy atom. The van der Waals surface area contributed by atoms with Gasteiger partial charge < -0.3 is 20.5 Å². The summed E-state index contributed by atoms with van der Waals surface area (Å²) in [5.74, 6) is 0.847. The molecule has 9 nitrogen and oxygen atoms in total. The molecule has 24 heavy (non-hydrogen) atoms. The van der Waals surface area contributed by atoms with Crippen LogP contribution in [0.4, 0.5) is 5.95 Å². The molecule has 0 bridgehead atoms. The van der Waals surface area contributed by atoms with Crippen molar-refractivity contribution >= 4 is 28.1 Å². The van der Waals surface area contributed by atoms with E-state index >= 15 is 0 Å². The first-order valence-corrected chi connectivity index (χ1v) is 7.42. The third kappa shape index (κ3) is 2.36. The summed E-state index contributed by atoms with van der Waals surface area (Å²) in [4.78, 5) is 20.4. The molecular formula is C15H15N7O2. The van der Waals surface area contributed by atoms with E-state index in [4.69, 9.17) is 0 Å². The van der Waals surface area contributed by atoms with Gasteiger partial charge in [0.15, 0.2) is 17.0 Å². The zero-order chi connectivity index (χ0) is 16.5. The van der Waals surface area contributed by atoms with Gasteiger partial charge in [0.1, 0.15) is 6.33 Å². The number of nitrogens with one attached hydrogen (secondary N) is 2. The zero-order valence-corrected chi connectivity index (χ0v) is 12.6. The molecule has 0 spiro atoms. The van der Waals surface area contributed by atoms with Gasteiger partial charge in [-0.2, -0.15) is 9.97 Å². The fourth-order valence-electron chi connectivity index (χ4n) is 2.51. The number of fused-ring (bicyclic) bond motifs is 2. The van der Waals surface area contributed by atoms with Gasteiger partial charge in [-0.3, -0.25) is 4.57 Å². The average molecular weight is 325 g/mol. The third-order valence-corrected chi connectivity index (χ3v) is 3.72. The molecule has 122 valence electrons. The Bertz CT molecular complexity index is 990. The fraction of sp³-hybridized carbons (Fsp3) is 0.200. The molecule has 0 aliphatic heterocycles. The van der Waals surface area contributed by atoms with Gasteiger partial charge in [-0.1, -0.05) is 12.1 Å². The number of hydrogen-bond donors (Lipinski definition) is 4. The molecule has 4 rings (SSSR count). The minimum Gasteiger partial charge on any atom is -0.394 e. The number of aliphatic hydroxyl groups is 2. The van der Waals surface area contributed by atoms with Gasteiger partial charge >= 0.3 is 0 Å². The van der Waals surface area contributed by atoms with E-state index in [1.54, 1.807) is 12.7 Å². The van der Waals surface area contributed by atoms with Crippen molar-refractivity contribution in [3.8, 4) is 5.82 Å². The van der Waals surface area contributed by atoms with Crippen molar-refractivity contribution in [2.24, 2.45) is 0 Å². The van der Waals surface area contributed by atoms with Crippen molar-refractivity contribution in [3.63, 3.8) is 0 Å². The Morgan fingerprint density at radius 2 is 1.96 bits per heavy atom. The van der Waals surface area contributed by atoms with Crippen LogP contribution in [0.15, 0.2) is 36.9 Å². The largest absolute Gasteiger partial charge is 0.394 e. The van der Waals surface area contributed by atoms with Gasteiger partial charge in [0.25, 0.3) is 0 Å². The van der Waals surface area contributed by atoms with Crippen LogP contribution < -0.4 is 5.32 Å². The van der Waals surface area contributed by atoms with Gasteiger partial charge in [-0.05, 0) is 12.1 Å². The second kappa shape index (κ2) is 5.87. The number of nitrogens with zero attached hydrogens (tertiary/aromatic N) is 5. The molecule has 4 N–H and O–H groups in total. The molecule has 0 amide bonds. The maximum absolute atomic E-state index is 9.24. The average Bonchev–Trinajstić information content (AvgIpc) is 3.25. The molecule has 0 fully saturated rings. The van der Waals surface area contributed by atoms with Gasteiger partial charge in [-0.15, -0.1) is 0 Å². The lowest BCUT2D eigenvalue weighted by Gasteiger charge is -2.14. The molecule has 0 saturated carbocycles. The van der Waals surface area contributed by atoms with Gasteiger partial charge in [0, 0.05) is 0 Å². The van der Waals surface area contributed by atoms with E-state index in [1.807, 2.05) is 28.8 Å². The molecule has 9 heteroatoms. The molecule has 3 aromatic heterocycles. The summed E-state index contributed by atoms with van der Waals surface area (Å²) in [6, 6.07) is 7.17. The smallest absolute Gasteiger partial charge is 0.227 e. The second-order valence-electron chi connectivity index (χ2n) is 5.28. The number of aromatic amines is 1. The van der Waals surface area contributed by atoms with E-state index in [0.717, 1.165) is 11.0 Å². The van der Waals surface area contributed by atoms with Crippen LogP contribution in [0.25, 0.3) is 28.0 Å². The normalized spacial score (nSPS) is 11.6. The predicted molar refractivity (Wildman–Crippen MR) is 87.9 cm³/mol. The Kier molecular flexibility index (Phi) is 3.56. The minimum atomic E-state index is -0.544. The van der Waals surface area contributed by atoms with Crippen molar-refractivity contribution in [2.45, 2.75) is 6.04 Å². The highest BCUT2D eigenvalue weighted by atomic mass is 16.3. The summed E-state index contributed by atoms with van der Waals surface area (Å²) >= 11 is 0. The molecule has 0 radical (unpaired) electrons. The summed E-state index contributed by atoms with van der Waals surface area (Å²) < 4.78 is 1.83. The lowest BCUT2D eigenvalue weighted by molar-refractivity contribution is 0.203. The van der Waals surface area contributed by atoms with Gasteiger partial charge in [0.05, 0.1) is 36.6 Å². The van der Waals surface area contributed by atoms with E-state index in [0.29, 0.717) is 17.0 Å². The quantitative estimate of drug-likeness (QED) is 0.420. The van der Waals surface area contributed by atoms with Crippen molar-refractivity contribution in [1.82, 2.24) is 29.5 Å². The summed E-state index contributed by atoms with van der Waals surface area (Å²) in [6.07, 6.45) is 3.22. The van der Waals surface area contributed by atoms with Crippen LogP contribution in [-0.2, 0) is 0 Å². The molecular weight excluding hydrogens is 310 g/mol. The molecule has 0 aliphatic rings. The highest BCUT2D eigenvalue weighted by molar-refractivity contribution is 5.84. The first-order chi connectivity index (χ1) is 11.8. The monoisotopic (exact) mass is 325 g/mol. The number of anilines is 1. The van der Waals surface area contributed by atoms with Crippen molar-refractivity contribution < 1.29 is 10.2 Å². The number of imidazole rings is 2. The van der Waals surface area contributed by atoms with Crippen molar-refractivity contribution in [2.75, 3.05) is 18.5 Å². The molecule has 0 saturated heterocycles. The molecule has 4 aromatic rings. The number of rotatable bonds is 5. The Morgan fingerprint density at radius 3 is 2.79 bits per heavy atom. The van der Waals surface area contributed by atoms with Gasteiger partial charge in [0.2, 0.25) is 5.95 Å². The molecule has 3 heterocycles. The molecule has 0 atom stereocenters. The van der Waals surface area contributed by atoms with Crippen LogP contribution in [0.1, 0.15) is 0 Å². The van der Waals surface area contributed by atoms with Crippen LogP contribution in [-0.4, -0.2) is 59.0 Å². The molecule has 1 aromatic carbocycles. The number of aliphatic hydroxyl groups excluding tert-OH is 2. The fourth-order valence-corrected chi connectivity index (χ4v) is 2.51. The molecule has 0 unspecified atom stereocenters. The van der Waals surface area contributed by atoms with Crippen LogP contribution >= 0.6 is 0 Å². The van der Waals surface area contributed by atoms with E-state index in [9.17, 15) is 10.2 Å². The minimum absolute atomic E-state index is 0.232. The lowest BCUT2D eigenvalue weighted by atomic mass is 10.3. The Hall–Kier alpha value is -3.04. The Balaban J connectivity index is 1.89. The van der Waals surface area contributed by atoms with Crippen LogP contribution in [0, 0.1) is 0 Å². The van der Waals surface area contributed by atoms with Crippen LogP contribution in [0.3, 0.4) is 0 Å². The third-order valence-electron chi connectivity index (χ3n) is 3.72. The summed E-state index contributed by atoms with van der Waals surface area (Å²) in [5, 5.41) is 21.4. The highest BCUT2D eigenvalue weighted by Gasteiger charge is 2.16. The van der Waals surface area contributed by atoms with Crippen molar-refractivity contribution in [1.29, 1.82) is 0 Å².